The third-order valence-corrected chi connectivity index (χ3v) is 2.64. The van der Waals surface area contributed by atoms with E-state index in [2.05, 4.69) is 9.83 Å². The molecule has 2 aromatic rings. The van der Waals surface area contributed by atoms with Crippen molar-refractivity contribution in [3.8, 4) is 17.0 Å². The number of aromatic nitrogens is 1. The van der Waals surface area contributed by atoms with Crippen LogP contribution in [-0.2, 0) is 6.42 Å². The predicted molar refractivity (Wildman–Crippen MR) is 70.4 cm³/mol. The lowest BCUT2D eigenvalue weighted by Crippen LogP contribution is -2.02. The summed E-state index contributed by atoms with van der Waals surface area (Å²) in [6.07, 6.45) is 2.54. The van der Waals surface area contributed by atoms with Gasteiger partial charge >= 0.3 is 0 Å². The standard InChI is InChI=1S/C14H13N3O/c1-16-11-3-4-12(14(18)8-11)13-5-2-10(6-7-15)9-17-13/h2-5,8-9,18H,6-7,15H2. The number of hydrogen-bond donors (Lipinski definition) is 2. The summed E-state index contributed by atoms with van der Waals surface area (Å²) in [4.78, 5) is 7.55. The molecule has 0 aliphatic heterocycles. The number of pyridine rings is 1. The fraction of sp³-hybridized carbons (Fsp3) is 0.143. The monoisotopic (exact) mass is 239 g/mol. The lowest BCUT2D eigenvalue weighted by atomic mass is 10.1. The first-order valence-corrected chi connectivity index (χ1v) is 5.60. The van der Waals surface area contributed by atoms with Gasteiger partial charge in [0.2, 0.25) is 0 Å². The molecule has 0 unspecified atom stereocenters. The molecule has 3 N–H and O–H groups in total. The smallest absolute Gasteiger partial charge is 0.190 e. The Bertz CT molecular complexity index is 585. The van der Waals surface area contributed by atoms with E-state index in [-0.39, 0.29) is 5.75 Å². The van der Waals surface area contributed by atoms with Crippen molar-refractivity contribution in [1.29, 1.82) is 0 Å². The first-order chi connectivity index (χ1) is 8.74. The molecular formula is C14H13N3O. The summed E-state index contributed by atoms with van der Waals surface area (Å²) in [6, 6.07) is 8.60. The number of nitrogens with zero attached hydrogens (tertiary/aromatic N) is 2. The van der Waals surface area contributed by atoms with E-state index in [4.69, 9.17) is 12.3 Å². The molecule has 0 bridgehead atoms. The molecule has 1 heterocycles. The predicted octanol–water partition coefficient (Wildman–Crippen LogP) is 2.51. The van der Waals surface area contributed by atoms with Crippen molar-refractivity contribution in [3.63, 3.8) is 0 Å². The molecule has 0 saturated heterocycles. The molecule has 0 radical (unpaired) electrons. The number of hydrogen-bond acceptors (Lipinski definition) is 3. The van der Waals surface area contributed by atoms with Crippen molar-refractivity contribution in [2.24, 2.45) is 5.73 Å². The molecule has 90 valence electrons. The molecule has 0 saturated carbocycles. The van der Waals surface area contributed by atoms with Crippen LogP contribution in [-0.4, -0.2) is 16.6 Å². The Kier molecular flexibility index (Phi) is 3.56. The van der Waals surface area contributed by atoms with Crippen molar-refractivity contribution < 1.29 is 5.11 Å². The van der Waals surface area contributed by atoms with Crippen LogP contribution in [0.25, 0.3) is 16.1 Å². The molecular weight excluding hydrogens is 226 g/mol. The SMILES string of the molecule is [C-]#[N+]c1ccc(-c2ccc(CCN)cn2)c(O)c1. The second-order valence-electron chi connectivity index (χ2n) is 3.90. The number of nitrogens with two attached hydrogens (primary N) is 1. The molecule has 1 aromatic heterocycles. The van der Waals surface area contributed by atoms with Crippen LogP contribution in [0.1, 0.15) is 5.56 Å². The highest BCUT2D eigenvalue weighted by Gasteiger charge is 2.06. The third-order valence-electron chi connectivity index (χ3n) is 2.64. The van der Waals surface area contributed by atoms with E-state index in [9.17, 15) is 5.11 Å². The second kappa shape index (κ2) is 5.30. The van der Waals surface area contributed by atoms with Gasteiger partial charge in [0.15, 0.2) is 5.69 Å². The van der Waals surface area contributed by atoms with Gasteiger partial charge in [0.1, 0.15) is 5.75 Å². The van der Waals surface area contributed by atoms with Crippen LogP contribution in [0.5, 0.6) is 5.75 Å². The van der Waals surface area contributed by atoms with Crippen molar-refractivity contribution in [2.75, 3.05) is 6.54 Å². The van der Waals surface area contributed by atoms with Gasteiger partial charge < -0.3 is 10.8 Å². The maximum atomic E-state index is 9.85. The van der Waals surface area contributed by atoms with Crippen LogP contribution in [0.15, 0.2) is 36.5 Å². The van der Waals surface area contributed by atoms with Crippen LogP contribution >= 0.6 is 0 Å². The Morgan fingerprint density at radius 3 is 2.67 bits per heavy atom. The average molecular weight is 239 g/mol. The largest absolute Gasteiger partial charge is 0.509 e. The number of aromatic hydroxyl groups is 1. The average Bonchev–Trinajstić information content (AvgIpc) is 2.40. The topological polar surface area (TPSA) is 63.5 Å². The van der Waals surface area contributed by atoms with Crippen molar-refractivity contribution in [1.82, 2.24) is 4.98 Å². The van der Waals surface area contributed by atoms with E-state index in [1.165, 1.54) is 6.07 Å². The Balaban J connectivity index is 2.34. The Morgan fingerprint density at radius 2 is 2.11 bits per heavy atom. The molecule has 4 nitrogen and oxygen atoms in total. The minimum Gasteiger partial charge on any atom is -0.509 e. The summed E-state index contributed by atoms with van der Waals surface area (Å²) < 4.78 is 0. The van der Waals surface area contributed by atoms with E-state index < -0.39 is 0 Å². The van der Waals surface area contributed by atoms with Gasteiger partial charge in [-0.2, -0.15) is 0 Å². The molecule has 2 rings (SSSR count). The molecule has 4 heteroatoms. The Hall–Kier alpha value is -2.38. The minimum atomic E-state index is 0.0718. The number of rotatable bonds is 3. The molecule has 0 atom stereocenters. The molecule has 1 aromatic carbocycles. The van der Waals surface area contributed by atoms with E-state index in [1.54, 1.807) is 18.3 Å². The fourth-order valence-corrected chi connectivity index (χ4v) is 1.70. The van der Waals surface area contributed by atoms with Crippen LogP contribution in [0, 0.1) is 6.57 Å². The zero-order chi connectivity index (χ0) is 13.0. The maximum absolute atomic E-state index is 9.85. The van der Waals surface area contributed by atoms with Crippen LogP contribution in [0.3, 0.4) is 0 Å². The highest BCUT2D eigenvalue weighted by molar-refractivity contribution is 5.70. The van der Waals surface area contributed by atoms with Gasteiger partial charge in [0.25, 0.3) is 0 Å². The van der Waals surface area contributed by atoms with Gasteiger partial charge in [0.05, 0.1) is 12.3 Å². The van der Waals surface area contributed by atoms with Gasteiger partial charge in [-0.05, 0) is 30.7 Å². The molecule has 0 aliphatic carbocycles. The van der Waals surface area contributed by atoms with Gasteiger partial charge in [0, 0.05) is 11.8 Å². The van der Waals surface area contributed by atoms with Crippen molar-refractivity contribution in [3.05, 3.63) is 53.5 Å². The summed E-state index contributed by atoms with van der Waals surface area (Å²) >= 11 is 0. The summed E-state index contributed by atoms with van der Waals surface area (Å²) in [5.41, 5.74) is 8.26. The minimum absolute atomic E-state index is 0.0718. The third kappa shape index (κ3) is 2.47. The molecule has 18 heavy (non-hydrogen) atoms. The van der Waals surface area contributed by atoms with E-state index in [0.717, 1.165) is 12.0 Å². The Labute approximate surface area is 106 Å². The first kappa shape index (κ1) is 12.1. The second-order valence-corrected chi connectivity index (χ2v) is 3.90. The van der Waals surface area contributed by atoms with Gasteiger partial charge in [-0.15, -0.1) is 0 Å². The highest BCUT2D eigenvalue weighted by atomic mass is 16.3. The van der Waals surface area contributed by atoms with Crippen LogP contribution in [0.2, 0.25) is 0 Å². The fourth-order valence-electron chi connectivity index (χ4n) is 1.70. The summed E-state index contributed by atoms with van der Waals surface area (Å²) in [5, 5.41) is 9.85. The van der Waals surface area contributed by atoms with Gasteiger partial charge in [-0.25, -0.2) is 4.85 Å². The van der Waals surface area contributed by atoms with Crippen molar-refractivity contribution >= 4 is 5.69 Å². The normalized spacial score (nSPS) is 10.0. The lowest BCUT2D eigenvalue weighted by molar-refractivity contribution is 0.477. The highest BCUT2D eigenvalue weighted by Crippen LogP contribution is 2.31. The molecule has 0 spiro atoms. The molecule has 0 aliphatic rings. The quantitative estimate of drug-likeness (QED) is 0.809. The zero-order valence-corrected chi connectivity index (χ0v) is 9.80. The molecule has 0 fully saturated rings. The lowest BCUT2D eigenvalue weighted by Gasteiger charge is -2.05. The van der Waals surface area contributed by atoms with Crippen LogP contribution in [0.4, 0.5) is 5.69 Å². The number of phenolic OH excluding ortho intramolecular Hbond substituents is 1. The van der Waals surface area contributed by atoms with Gasteiger partial charge in [-0.1, -0.05) is 18.2 Å². The first-order valence-electron chi connectivity index (χ1n) is 5.60. The summed E-state index contributed by atoms with van der Waals surface area (Å²) in [6.45, 7) is 7.47. The van der Waals surface area contributed by atoms with Crippen LogP contribution < -0.4 is 5.73 Å². The zero-order valence-electron chi connectivity index (χ0n) is 9.80. The number of phenols is 1. The summed E-state index contributed by atoms with van der Waals surface area (Å²) in [7, 11) is 0. The van der Waals surface area contributed by atoms with E-state index in [1.807, 2.05) is 12.1 Å². The molecule has 0 amide bonds. The summed E-state index contributed by atoms with van der Waals surface area (Å²) in [5.74, 6) is 0.0718. The van der Waals surface area contributed by atoms with Gasteiger partial charge in [-0.3, -0.25) is 4.98 Å². The van der Waals surface area contributed by atoms with E-state index in [0.29, 0.717) is 23.5 Å². The number of benzene rings is 1. The van der Waals surface area contributed by atoms with E-state index >= 15 is 0 Å². The maximum Gasteiger partial charge on any atom is 0.190 e. The Morgan fingerprint density at radius 1 is 1.28 bits per heavy atom. The van der Waals surface area contributed by atoms with Crippen molar-refractivity contribution in [2.45, 2.75) is 6.42 Å².